The first-order valence-corrected chi connectivity index (χ1v) is 8.88. The highest BCUT2D eigenvalue weighted by atomic mass is 16.2. The fourth-order valence-electron chi connectivity index (χ4n) is 3.33. The van der Waals surface area contributed by atoms with Crippen LogP contribution in [0.15, 0.2) is 61.2 Å². The van der Waals surface area contributed by atoms with Crippen LogP contribution >= 0.6 is 0 Å². The van der Waals surface area contributed by atoms with E-state index < -0.39 is 6.04 Å². The first-order valence-electron chi connectivity index (χ1n) is 8.88. The molecule has 27 heavy (non-hydrogen) atoms. The molecule has 0 spiro atoms. The topological polar surface area (TPSA) is 85.0 Å². The molecule has 1 aliphatic rings. The van der Waals surface area contributed by atoms with Gasteiger partial charge in [-0.15, -0.1) is 0 Å². The third-order valence-corrected chi connectivity index (χ3v) is 4.61. The maximum Gasteiger partial charge on any atom is 0.247 e. The summed E-state index contributed by atoms with van der Waals surface area (Å²) in [6.45, 7) is 0.733. The van der Waals surface area contributed by atoms with Crippen LogP contribution in [-0.4, -0.2) is 48.9 Å². The van der Waals surface area contributed by atoms with Gasteiger partial charge in [-0.2, -0.15) is 10.2 Å². The Morgan fingerprint density at radius 2 is 1.96 bits per heavy atom. The van der Waals surface area contributed by atoms with Crippen molar-refractivity contribution in [2.45, 2.75) is 25.4 Å². The summed E-state index contributed by atoms with van der Waals surface area (Å²) in [7, 11) is 0. The predicted octanol–water partition coefficient (Wildman–Crippen LogP) is 1.70. The molecule has 8 nitrogen and oxygen atoms in total. The molecule has 0 aliphatic carbocycles. The summed E-state index contributed by atoms with van der Waals surface area (Å²) >= 11 is 0. The number of rotatable bonds is 5. The first kappa shape index (κ1) is 17.0. The Morgan fingerprint density at radius 1 is 1.11 bits per heavy atom. The lowest BCUT2D eigenvalue weighted by molar-refractivity contribution is -0.137. The predicted molar refractivity (Wildman–Crippen MR) is 99.2 cm³/mol. The minimum absolute atomic E-state index is 0.0957. The summed E-state index contributed by atoms with van der Waals surface area (Å²) < 4.78 is 3.30. The Bertz CT molecular complexity index is 920. The number of anilines is 1. The van der Waals surface area contributed by atoms with E-state index in [1.807, 2.05) is 36.5 Å². The number of carbonyl (C=O) groups excluding carboxylic acids is 2. The Kier molecular flexibility index (Phi) is 4.69. The van der Waals surface area contributed by atoms with Gasteiger partial charge in [0, 0.05) is 37.0 Å². The van der Waals surface area contributed by atoms with E-state index in [1.165, 1.54) is 0 Å². The van der Waals surface area contributed by atoms with E-state index in [2.05, 4.69) is 15.5 Å². The van der Waals surface area contributed by atoms with Crippen LogP contribution in [0.2, 0.25) is 0 Å². The minimum atomic E-state index is -0.457. The summed E-state index contributed by atoms with van der Waals surface area (Å²) in [6, 6.07) is 10.6. The molecule has 0 bridgehead atoms. The van der Waals surface area contributed by atoms with Crippen molar-refractivity contribution >= 4 is 17.5 Å². The highest BCUT2D eigenvalue weighted by Crippen LogP contribution is 2.21. The van der Waals surface area contributed by atoms with E-state index in [-0.39, 0.29) is 18.4 Å². The van der Waals surface area contributed by atoms with Crippen molar-refractivity contribution in [1.29, 1.82) is 0 Å². The van der Waals surface area contributed by atoms with Crippen LogP contribution in [0, 0.1) is 0 Å². The summed E-state index contributed by atoms with van der Waals surface area (Å²) in [5.41, 5.74) is 1.54. The molecule has 2 amide bonds. The summed E-state index contributed by atoms with van der Waals surface area (Å²) in [5, 5.41) is 11.2. The van der Waals surface area contributed by atoms with Gasteiger partial charge < -0.3 is 10.2 Å². The second-order valence-corrected chi connectivity index (χ2v) is 6.44. The number of aromatic nitrogens is 4. The van der Waals surface area contributed by atoms with E-state index in [1.54, 1.807) is 38.9 Å². The number of likely N-dealkylation sites (tertiary alicyclic amines) is 1. The number of nitrogens with zero attached hydrogens (tertiary/aromatic N) is 5. The van der Waals surface area contributed by atoms with Gasteiger partial charge in [-0.3, -0.25) is 14.3 Å². The van der Waals surface area contributed by atoms with E-state index in [0.29, 0.717) is 18.7 Å². The van der Waals surface area contributed by atoms with E-state index >= 15 is 0 Å². The average Bonchev–Trinajstić information content (AvgIpc) is 3.43. The molecule has 0 unspecified atom stereocenters. The van der Waals surface area contributed by atoms with Gasteiger partial charge in [0.25, 0.3) is 0 Å². The zero-order valence-electron chi connectivity index (χ0n) is 14.7. The summed E-state index contributed by atoms with van der Waals surface area (Å²) in [5.74, 6) is -0.263. The monoisotopic (exact) mass is 364 g/mol. The van der Waals surface area contributed by atoms with E-state index in [9.17, 15) is 9.59 Å². The quantitative estimate of drug-likeness (QED) is 0.747. The van der Waals surface area contributed by atoms with Crippen molar-refractivity contribution in [2.24, 2.45) is 0 Å². The molecular formula is C19H20N6O2. The third kappa shape index (κ3) is 3.74. The fourth-order valence-corrected chi connectivity index (χ4v) is 3.33. The molecule has 1 N–H and O–H groups in total. The summed E-state index contributed by atoms with van der Waals surface area (Å²) in [4.78, 5) is 27.0. The molecule has 1 aliphatic heterocycles. The van der Waals surface area contributed by atoms with Crippen LogP contribution < -0.4 is 5.32 Å². The van der Waals surface area contributed by atoms with Crippen LogP contribution in [0.25, 0.3) is 5.69 Å². The molecule has 1 saturated heterocycles. The zero-order valence-corrected chi connectivity index (χ0v) is 14.7. The zero-order chi connectivity index (χ0) is 18.6. The maximum atomic E-state index is 12.8. The number of amides is 2. The van der Waals surface area contributed by atoms with Gasteiger partial charge in [-0.05, 0) is 43.2 Å². The van der Waals surface area contributed by atoms with Crippen molar-refractivity contribution in [2.75, 3.05) is 11.9 Å². The molecule has 4 rings (SSSR count). The lowest BCUT2D eigenvalue weighted by atomic mass is 10.2. The molecule has 0 radical (unpaired) electrons. The number of carbonyl (C=O) groups is 2. The molecule has 1 aromatic carbocycles. The van der Waals surface area contributed by atoms with Crippen LogP contribution in [0.3, 0.4) is 0 Å². The molecule has 3 aromatic rings. The molecule has 1 fully saturated rings. The molecule has 1 atom stereocenters. The van der Waals surface area contributed by atoms with Crippen molar-refractivity contribution in [3.05, 3.63) is 61.2 Å². The van der Waals surface area contributed by atoms with Crippen LogP contribution in [0.5, 0.6) is 0 Å². The van der Waals surface area contributed by atoms with Gasteiger partial charge >= 0.3 is 0 Å². The fraction of sp³-hybridized carbons (Fsp3) is 0.263. The average molecular weight is 364 g/mol. The number of hydrogen-bond donors (Lipinski definition) is 1. The summed E-state index contributed by atoms with van der Waals surface area (Å²) in [6.07, 6.45) is 8.39. The number of hydrogen-bond acceptors (Lipinski definition) is 4. The molecule has 3 heterocycles. The van der Waals surface area contributed by atoms with Gasteiger partial charge in [-0.25, -0.2) is 4.68 Å². The highest BCUT2D eigenvalue weighted by molar-refractivity contribution is 5.97. The van der Waals surface area contributed by atoms with Crippen LogP contribution in [-0.2, 0) is 16.1 Å². The minimum Gasteiger partial charge on any atom is -0.329 e. The Hall–Kier alpha value is -3.42. The largest absolute Gasteiger partial charge is 0.329 e. The standard InChI is InChI=1S/C19H20N6O2/c26-18(14-23-10-3-8-20-23)24-11-2-7-17(24)19(27)22-15-5-1-6-16(13-15)25-12-4-9-21-25/h1,3-6,8-10,12-13,17H,2,7,11,14H2,(H,22,27)/t17-/m0/s1. The van der Waals surface area contributed by atoms with Crippen molar-refractivity contribution in [3.63, 3.8) is 0 Å². The second-order valence-electron chi connectivity index (χ2n) is 6.44. The van der Waals surface area contributed by atoms with E-state index in [4.69, 9.17) is 0 Å². The van der Waals surface area contributed by atoms with Gasteiger partial charge in [0.05, 0.1) is 5.69 Å². The van der Waals surface area contributed by atoms with Crippen molar-refractivity contribution in [3.8, 4) is 5.69 Å². The van der Waals surface area contributed by atoms with Crippen LogP contribution in [0.4, 0.5) is 5.69 Å². The highest BCUT2D eigenvalue weighted by Gasteiger charge is 2.34. The van der Waals surface area contributed by atoms with Crippen LogP contribution in [0.1, 0.15) is 12.8 Å². The van der Waals surface area contributed by atoms with Gasteiger partial charge in [0.2, 0.25) is 11.8 Å². The van der Waals surface area contributed by atoms with E-state index in [0.717, 1.165) is 12.1 Å². The van der Waals surface area contributed by atoms with Crippen molar-refractivity contribution in [1.82, 2.24) is 24.5 Å². The molecule has 0 saturated carbocycles. The van der Waals surface area contributed by atoms with Gasteiger partial charge in [0.15, 0.2) is 0 Å². The third-order valence-electron chi connectivity index (χ3n) is 4.61. The van der Waals surface area contributed by atoms with Gasteiger partial charge in [0.1, 0.15) is 12.6 Å². The molecule has 138 valence electrons. The lowest BCUT2D eigenvalue weighted by Gasteiger charge is -2.24. The number of nitrogens with one attached hydrogen (secondary N) is 1. The normalized spacial score (nSPS) is 16.4. The Morgan fingerprint density at radius 3 is 2.74 bits per heavy atom. The van der Waals surface area contributed by atoms with Crippen molar-refractivity contribution < 1.29 is 9.59 Å². The second kappa shape index (κ2) is 7.45. The molecule has 8 heteroatoms. The van der Waals surface area contributed by atoms with Gasteiger partial charge in [-0.1, -0.05) is 6.07 Å². The SMILES string of the molecule is O=C(Nc1cccc(-n2cccn2)c1)[C@@H]1CCCN1C(=O)Cn1cccn1. The number of benzene rings is 1. The Labute approximate surface area is 156 Å². The molecular weight excluding hydrogens is 344 g/mol. The maximum absolute atomic E-state index is 12.8. The first-order chi connectivity index (χ1) is 13.2. The molecule has 2 aromatic heterocycles. The Balaban J connectivity index is 1.44. The lowest BCUT2D eigenvalue weighted by Crippen LogP contribution is -2.44. The smallest absolute Gasteiger partial charge is 0.247 e.